The molecule has 104 valence electrons. The van der Waals surface area contributed by atoms with Gasteiger partial charge in [-0.25, -0.2) is 4.79 Å². The third-order valence-corrected chi connectivity index (χ3v) is 3.40. The number of carboxylic acid groups (broad SMARTS) is 1. The normalized spacial score (nSPS) is 10.2. The molecule has 4 nitrogen and oxygen atoms in total. The number of anilines is 2. The van der Waals surface area contributed by atoms with E-state index in [1.54, 1.807) is 18.2 Å². The Labute approximate surface area is 122 Å². The number of hydrogen-bond donors (Lipinski definition) is 2. The van der Waals surface area contributed by atoms with Crippen LogP contribution in [0, 0.1) is 6.92 Å². The van der Waals surface area contributed by atoms with Crippen LogP contribution in [0.5, 0.6) is 5.75 Å². The van der Waals surface area contributed by atoms with E-state index in [1.165, 1.54) is 13.2 Å². The molecule has 0 amide bonds. The molecule has 2 aromatic rings. The molecule has 2 N–H and O–H groups in total. The van der Waals surface area contributed by atoms with Gasteiger partial charge in [0.1, 0.15) is 5.75 Å². The van der Waals surface area contributed by atoms with E-state index in [0.717, 1.165) is 11.3 Å². The first-order valence-electron chi connectivity index (χ1n) is 5.96. The molecule has 0 bridgehead atoms. The third-order valence-electron chi connectivity index (χ3n) is 2.99. The first-order chi connectivity index (χ1) is 9.52. The van der Waals surface area contributed by atoms with E-state index in [4.69, 9.17) is 16.3 Å². The van der Waals surface area contributed by atoms with Crippen molar-refractivity contribution in [2.45, 2.75) is 6.92 Å². The van der Waals surface area contributed by atoms with Crippen molar-refractivity contribution in [2.24, 2.45) is 0 Å². The molecule has 0 aliphatic carbocycles. The molecule has 0 aromatic heterocycles. The predicted octanol–water partition coefficient (Wildman–Crippen LogP) is 4.10. The summed E-state index contributed by atoms with van der Waals surface area (Å²) < 4.78 is 5.04. The van der Waals surface area contributed by atoms with E-state index in [0.29, 0.717) is 16.5 Å². The second kappa shape index (κ2) is 5.84. The number of ether oxygens (including phenoxy) is 1. The number of aromatic carboxylic acids is 1. The Morgan fingerprint density at radius 1 is 1.25 bits per heavy atom. The highest BCUT2D eigenvalue weighted by molar-refractivity contribution is 6.31. The second-order valence-electron chi connectivity index (χ2n) is 4.25. The quantitative estimate of drug-likeness (QED) is 0.890. The van der Waals surface area contributed by atoms with Crippen molar-refractivity contribution in [1.29, 1.82) is 0 Å². The van der Waals surface area contributed by atoms with Crippen LogP contribution < -0.4 is 10.1 Å². The molecule has 0 saturated carbocycles. The predicted molar refractivity (Wildman–Crippen MR) is 79.4 cm³/mol. The molecule has 0 aliphatic rings. The molecule has 0 aliphatic heterocycles. The number of carboxylic acids is 1. The molecule has 0 saturated heterocycles. The summed E-state index contributed by atoms with van der Waals surface area (Å²) in [6.45, 7) is 1.87. The fourth-order valence-corrected chi connectivity index (χ4v) is 2.00. The Balaban J connectivity index is 2.43. The molecule has 0 spiro atoms. The van der Waals surface area contributed by atoms with Crippen molar-refractivity contribution >= 4 is 28.9 Å². The first-order valence-corrected chi connectivity index (χ1v) is 6.34. The van der Waals surface area contributed by atoms with Crippen LogP contribution in [-0.2, 0) is 0 Å². The lowest BCUT2D eigenvalue weighted by molar-refractivity contribution is 0.0697. The number of rotatable bonds is 4. The number of benzene rings is 2. The number of hydrogen-bond acceptors (Lipinski definition) is 3. The van der Waals surface area contributed by atoms with Gasteiger partial charge in [-0.3, -0.25) is 0 Å². The van der Waals surface area contributed by atoms with Crippen molar-refractivity contribution in [2.75, 3.05) is 12.4 Å². The van der Waals surface area contributed by atoms with Gasteiger partial charge in [-0.1, -0.05) is 17.7 Å². The zero-order valence-corrected chi connectivity index (χ0v) is 11.9. The molecule has 0 atom stereocenters. The highest BCUT2D eigenvalue weighted by Gasteiger charge is 2.13. The summed E-state index contributed by atoms with van der Waals surface area (Å²) in [6.07, 6.45) is 0. The minimum absolute atomic E-state index is 0.142. The van der Waals surface area contributed by atoms with Gasteiger partial charge < -0.3 is 15.2 Å². The Hall–Kier alpha value is -2.20. The molecule has 2 rings (SSSR count). The van der Waals surface area contributed by atoms with Crippen molar-refractivity contribution in [3.8, 4) is 5.75 Å². The van der Waals surface area contributed by atoms with Crippen LogP contribution in [0.2, 0.25) is 5.02 Å². The van der Waals surface area contributed by atoms with E-state index in [9.17, 15) is 9.90 Å². The van der Waals surface area contributed by atoms with Gasteiger partial charge in [0.15, 0.2) is 0 Å². The first kappa shape index (κ1) is 14.2. The lowest BCUT2D eigenvalue weighted by atomic mass is 10.1. The summed E-state index contributed by atoms with van der Waals surface area (Å²) in [5.41, 5.74) is 2.26. The van der Waals surface area contributed by atoms with E-state index >= 15 is 0 Å². The van der Waals surface area contributed by atoms with Gasteiger partial charge in [0.05, 0.1) is 18.4 Å². The smallest absolute Gasteiger partial charge is 0.337 e. The Bertz CT molecular complexity index is 656. The molecule has 0 fully saturated rings. The largest absolute Gasteiger partial charge is 0.497 e. The van der Waals surface area contributed by atoms with Crippen molar-refractivity contribution in [1.82, 2.24) is 0 Å². The molecule has 20 heavy (non-hydrogen) atoms. The monoisotopic (exact) mass is 291 g/mol. The Morgan fingerprint density at radius 3 is 2.65 bits per heavy atom. The minimum atomic E-state index is -1.02. The van der Waals surface area contributed by atoms with Gasteiger partial charge in [0, 0.05) is 10.7 Å². The van der Waals surface area contributed by atoms with E-state index in [-0.39, 0.29) is 5.56 Å². The van der Waals surface area contributed by atoms with E-state index in [2.05, 4.69) is 5.32 Å². The summed E-state index contributed by atoms with van der Waals surface area (Å²) in [6, 6.07) is 10.3. The van der Waals surface area contributed by atoms with Crippen LogP contribution in [0.4, 0.5) is 11.4 Å². The van der Waals surface area contributed by atoms with Crippen molar-refractivity contribution in [3.63, 3.8) is 0 Å². The highest BCUT2D eigenvalue weighted by Crippen LogP contribution is 2.29. The molecule has 0 heterocycles. The lowest BCUT2D eigenvalue weighted by Gasteiger charge is -2.13. The lowest BCUT2D eigenvalue weighted by Crippen LogP contribution is -2.04. The fraction of sp³-hybridized carbons (Fsp3) is 0.133. The van der Waals surface area contributed by atoms with E-state index < -0.39 is 5.97 Å². The van der Waals surface area contributed by atoms with Crippen molar-refractivity contribution in [3.05, 3.63) is 52.5 Å². The number of nitrogens with one attached hydrogen (secondary N) is 1. The molecule has 2 aromatic carbocycles. The van der Waals surface area contributed by atoms with Crippen LogP contribution in [0.25, 0.3) is 0 Å². The second-order valence-corrected chi connectivity index (χ2v) is 4.66. The van der Waals surface area contributed by atoms with Gasteiger partial charge in [0.2, 0.25) is 0 Å². The van der Waals surface area contributed by atoms with Gasteiger partial charge >= 0.3 is 5.97 Å². The Morgan fingerprint density at radius 2 is 2.00 bits per heavy atom. The Kier molecular flexibility index (Phi) is 4.15. The SMILES string of the molecule is COc1ccc(Nc2cccc(Cl)c2C)c(C(=O)O)c1. The van der Waals surface area contributed by atoms with Crippen LogP contribution in [0.1, 0.15) is 15.9 Å². The average molecular weight is 292 g/mol. The minimum Gasteiger partial charge on any atom is -0.497 e. The molecule has 0 radical (unpaired) electrons. The van der Waals surface area contributed by atoms with Crippen LogP contribution in [0.3, 0.4) is 0 Å². The van der Waals surface area contributed by atoms with Gasteiger partial charge in [-0.2, -0.15) is 0 Å². The summed E-state index contributed by atoms with van der Waals surface area (Å²) in [5.74, 6) is -0.526. The number of methoxy groups -OCH3 is 1. The highest BCUT2D eigenvalue weighted by atomic mass is 35.5. The van der Waals surface area contributed by atoms with Crippen LogP contribution in [0.15, 0.2) is 36.4 Å². The van der Waals surface area contributed by atoms with Crippen molar-refractivity contribution < 1.29 is 14.6 Å². The maximum atomic E-state index is 11.3. The topological polar surface area (TPSA) is 58.6 Å². The fourth-order valence-electron chi connectivity index (χ4n) is 1.82. The number of halogens is 1. The summed E-state index contributed by atoms with van der Waals surface area (Å²) in [7, 11) is 1.50. The molecular weight excluding hydrogens is 278 g/mol. The van der Waals surface area contributed by atoms with Gasteiger partial charge in [-0.05, 0) is 42.8 Å². The van der Waals surface area contributed by atoms with Crippen LogP contribution in [-0.4, -0.2) is 18.2 Å². The molecule has 5 heteroatoms. The summed E-state index contributed by atoms with van der Waals surface area (Å²) in [5, 5.41) is 13.0. The summed E-state index contributed by atoms with van der Waals surface area (Å²) >= 11 is 6.05. The zero-order chi connectivity index (χ0) is 14.7. The molecular formula is C15H14ClNO3. The van der Waals surface area contributed by atoms with Gasteiger partial charge in [-0.15, -0.1) is 0 Å². The summed E-state index contributed by atoms with van der Waals surface area (Å²) in [4.78, 5) is 11.3. The maximum absolute atomic E-state index is 11.3. The molecule has 0 unspecified atom stereocenters. The maximum Gasteiger partial charge on any atom is 0.337 e. The third kappa shape index (κ3) is 2.86. The van der Waals surface area contributed by atoms with Crippen LogP contribution >= 0.6 is 11.6 Å². The van der Waals surface area contributed by atoms with E-state index in [1.807, 2.05) is 19.1 Å². The zero-order valence-electron chi connectivity index (χ0n) is 11.1. The van der Waals surface area contributed by atoms with Gasteiger partial charge in [0.25, 0.3) is 0 Å². The number of carbonyl (C=O) groups is 1. The average Bonchev–Trinajstić information content (AvgIpc) is 2.44. The standard InChI is InChI=1S/C15H14ClNO3/c1-9-12(16)4-3-5-13(9)17-14-7-6-10(20-2)8-11(14)15(18)19/h3-8,17H,1-2H3,(H,18,19).